The first-order chi connectivity index (χ1) is 12.3. The van der Waals surface area contributed by atoms with E-state index in [9.17, 15) is 0 Å². The third-order valence-electron chi connectivity index (χ3n) is 5.38. The first-order valence-corrected chi connectivity index (χ1v) is 8.53. The van der Waals surface area contributed by atoms with Crippen LogP contribution in [0.1, 0.15) is 12.0 Å². The molecule has 0 saturated carbocycles. The van der Waals surface area contributed by atoms with Crippen LogP contribution >= 0.6 is 0 Å². The lowest BCUT2D eigenvalue weighted by Gasteiger charge is -2.26. The number of anilines is 2. The van der Waals surface area contributed by atoms with Crippen LogP contribution in [0, 0.1) is 17.2 Å². The van der Waals surface area contributed by atoms with Crippen molar-refractivity contribution in [2.75, 3.05) is 29.4 Å². The Hall–Kier alpha value is -3.07. The van der Waals surface area contributed by atoms with Gasteiger partial charge in [0.15, 0.2) is 0 Å². The minimum Gasteiger partial charge on any atom is -0.464 e. The van der Waals surface area contributed by atoms with Gasteiger partial charge >= 0.3 is 0 Å². The number of hydrogen-bond acceptors (Lipinski definition) is 6. The van der Waals surface area contributed by atoms with E-state index in [1.54, 1.807) is 12.5 Å². The summed E-state index contributed by atoms with van der Waals surface area (Å²) < 4.78 is 5.53. The average Bonchev–Trinajstić information content (AvgIpc) is 3.36. The molecule has 2 aliphatic rings. The van der Waals surface area contributed by atoms with Gasteiger partial charge in [0.2, 0.25) is 0 Å². The number of rotatable bonds is 2. The van der Waals surface area contributed by atoms with E-state index in [4.69, 9.17) is 9.68 Å². The molecule has 2 atom stereocenters. The fourth-order valence-electron chi connectivity index (χ4n) is 4.16. The van der Waals surface area contributed by atoms with E-state index in [2.05, 4.69) is 25.8 Å². The second-order valence-corrected chi connectivity index (χ2v) is 6.70. The molecular formula is C19H17N5O. The Bertz CT molecular complexity index is 958. The van der Waals surface area contributed by atoms with Crippen molar-refractivity contribution in [1.29, 1.82) is 5.26 Å². The van der Waals surface area contributed by atoms with E-state index >= 15 is 0 Å². The number of aromatic nitrogens is 2. The summed E-state index contributed by atoms with van der Waals surface area (Å²) in [6.45, 7) is 2.96. The van der Waals surface area contributed by atoms with Crippen molar-refractivity contribution in [1.82, 2.24) is 9.97 Å². The van der Waals surface area contributed by atoms with E-state index in [1.165, 1.54) is 0 Å². The molecule has 0 aromatic carbocycles. The highest BCUT2D eigenvalue weighted by atomic mass is 16.3. The van der Waals surface area contributed by atoms with Gasteiger partial charge in [-0.2, -0.15) is 5.26 Å². The molecule has 5 heterocycles. The summed E-state index contributed by atoms with van der Waals surface area (Å²) in [4.78, 5) is 13.8. The van der Waals surface area contributed by atoms with Crippen molar-refractivity contribution < 1.29 is 4.42 Å². The topological polar surface area (TPSA) is 69.2 Å². The minimum absolute atomic E-state index is 0.436. The van der Waals surface area contributed by atoms with Gasteiger partial charge in [0.05, 0.1) is 23.3 Å². The number of hydrogen-bond donors (Lipinski definition) is 0. The third kappa shape index (κ3) is 2.23. The van der Waals surface area contributed by atoms with Crippen LogP contribution < -0.4 is 9.80 Å². The van der Waals surface area contributed by atoms with Crippen LogP contribution in [0.5, 0.6) is 0 Å². The average molecular weight is 331 g/mol. The summed E-state index contributed by atoms with van der Waals surface area (Å²) in [5.41, 5.74) is 1.48. The van der Waals surface area contributed by atoms with Crippen LogP contribution in [0.25, 0.3) is 11.0 Å². The molecule has 0 spiro atoms. The Morgan fingerprint density at radius 3 is 2.96 bits per heavy atom. The molecule has 3 aromatic rings. The van der Waals surface area contributed by atoms with Crippen LogP contribution in [-0.4, -0.2) is 35.6 Å². The lowest BCUT2D eigenvalue weighted by atomic mass is 10.1. The molecule has 0 N–H and O–H groups in total. The summed E-state index contributed by atoms with van der Waals surface area (Å²) in [5, 5.41) is 10.0. The maximum absolute atomic E-state index is 8.93. The molecule has 5 rings (SSSR count). The van der Waals surface area contributed by atoms with E-state index in [0.29, 0.717) is 17.5 Å². The van der Waals surface area contributed by atoms with Gasteiger partial charge in [-0.3, -0.25) is 0 Å². The van der Waals surface area contributed by atoms with Crippen LogP contribution in [0.2, 0.25) is 0 Å². The summed E-state index contributed by atoms with van der Waals surface area (Å²) >= 11 is 0. The standard InChI is InChI=1S/C19H17N5O/c20-9-13-1-2-18(22-10-13)23-11-14-4-7-24(16(14)12-23)19-15-5-8-25-17(15)3-6-21-19/h1-3,5-6,8,10,14,16H,4,7,11-12H2. The second kappa shape index (κ2) is 5.49. The van der Waals surface area contributed by atoms with E-state index in [0.717, 1.165) is 48.7 Å². The van der Waals surface area contributed by atoms with Gasteiger partial charge in [0.1, 0.15) is 23.3 Å². The molecule has 25 heavy (non-hydrogen) atoms. The predicted molar refractivity (Wildman–Crippen MR) is 94.4 cm³/mol. The van der Waals surface area contributed by atoms with Crippen LogP contribution in [0.4, 0.5) is 11.6 Å². The lowest BCUT2D eigenvalue weighted by molar-refractivity contribution is 0.580. The first-order valence-electron chi connectivity index (χ1n) is 8.53. The molecule has 6 nitrogen and oxygen atoms in total. The molecular weight excluding hydrogens is 314 g/mol. The van der Waals surface area contributed by atoms with Gasteiger partial charge in [-0.1, -0.05) is 0 Å². The Labute approximate surface area is 145 Å². The summed E-state index contributed by atoms with van der Waals surface area (Å²) in [6.07, 6.45) is 6.36. The van der Waals surface area contributed by atoms with Crippen molar-refractivity contribution in [3.8, 4) is 6.07 Å². The molecule has 0 bridgehead atoms. The molecule has 0 aliphatic carbocycles. The van der Waals surface area contributed by atoms with Crippen molar-refractivity contribution in [2.24, 2.45) is 5.92 Å². The molecule has 2 saturated heterocycles. The Balaban J connectivity index is 1.43. The van der Waals surface area contributed by atoms with Gasteiger partial charge in [-0.05, 0) is 30.7 Å². The van der Waals surface area contributed by atoms with Crippen LogP contribution in [-0.2, 0) is 0 Å². The molecule has 0 radical (unpaired) electrons. The summed E-state index contributed by atoms with van der Waals surface area (Å²) in [5.74, 6) is 2.58. The Morgan fingerprint density at radius 1 is 1.16 bits per heavy atom. The minimum atomic E-state index is 0.436. The van der Waals surface area contributed by atoms with Gasteiger partial charge in [0.25, 0.3) is 0 Å². The second-order valence-electron chi connectivity index (χ2n) is 6.70. The Kier molecular flexibility index (Phi) is 3.14. The van der Waals surface area contributed by atoms with Crippen LogP contribution in [0.15, 0.2) is 47.3 Å². The van der Waals surface area contributed by atoms with Crippen LogP contribution in [0.3, 0.4) is 0 Å². The van der Waals surface area contributed by atoms with E-state index in [-0.39, 0.29) is 0 Å². The normalized spacial score (nSPS) is 22.4. The number of furan rings is 1. The van der Waals surface area contributed by atoms with Crippen molar-refractivity contribution >= 4 is 22.6 Å². The predicted octanol–water partition coefficient (Wildman–Crippen LogP) is 2.81. The van der Waals surface area contributed by atoms with Gasteiger partial charge in [-0.25, -0.2) is 9.97 Å². The number of pyridine rings is 2. The zero-order chi connectivity index (χ0) is 16.8. The molecule has 2 fully saturated rings. The van der Waals surface area contributed by atoms with Crippen molar-refractivity contribution in [3.05, 3.63) is 48.5 Å². The van der Waals surface area contributed by atoms with Crippen molar-refractivity contribution in [3.63, 3.8) is 0 Å². The SMILES string of the molecule is N#Cc1ccc(N2CC3CCN(c4nccc5occc45)C3C2)nc1. The molecule has 6 heteroatoms. The lowest BCUT2D eigenvalue weighted by Crippen LogP contribution is -2.36. The van der Waals surface area contributed by atoms with Gasteiger partial charge in [-0.15, -0.1) is 0 Å². The Morgan fingerprint density at radius 2 is 2.12 bits per heavy atom. The smallest absolute Gasteiger partial charge is 0.140 e. The highest BCUT2D eigenvalue weighted by Crippen LogP contribution is 2.38. The van der Waals surface area contributed by atoms with Crippen molar-refractivity contribution in [2.45, 2.75) is 12.5 Å². The maximum atomic E-state index is 8.93. The molecule has 124 valence electrons. The number of nitriles is 1. The molecule has 0 amide bonds. The number of fused-ring (bicyclic) bond motifs is 2. The summed E-state index contributed by atoms with van der Waals surface area (Å²) in [6, 6.07) is 10.2. The largest absolute Gasteiger partial charge is 0.464 e. The van der Waals surface area contributed by atoms with E-state index < -0.39 is 0 Å². The van der Waals surface area contributed by atoms with Gasteiger partial charge in [0, 0.05) is 37.9 Å². The highest BCUT2D eigenvalue weighted by molar-refractivity contribution is 5.88. The van der Waals surface area contributed by atoms with E-state index in [1.807, 2.05) is 30.5 Å². The highest BCUT2D eigenvalue weighted by Gasteiger charge is 2.42. The zero-order valence-corrected chi connectivity index (χ0v) is 13.7. The maximum Gasteiger partial charge on any atom is 0.140 e. The number of nitrogens with zero attached hydrogens (tertiary/aromatic N) is 5. The molecule has 3 aromatic heterocycles. The fraction of sp³-hybridized carbons (Fsp3) is 0.316. The fourth-order valence-corrected chi connectivity index (χ4v) is 4.16. The van der Waals surface area contributed by atoms with Gasteiger partial charge < -0.3 is 14.2 Å². The third-order valence-corrected chi connectivity index (χ3v) is 5.38. The molecule has 2 unspecified atom stereocenters. The first kappa shape index (κ1) is 14.3. The quantitative estimate of drug-likeness (QED) is 0.719. The summed E-state index contributed by atoms with van der Waals surface area (Å²) in [7, 11) is 0. The molecule has 2 aliphatic heterocycles. The zero-order valence-electron chi connectivity index (χ0n) is 13.7. The monoisotopic (exact) mass is 331 g/mol.